The first kappa shape index (κ1) is 21.1. The molecule has 1 unspecified atom stereocenters. The Kier molecular flexibility index (Phi) is 5.12. The number of hydrogen-bond donors (Lipinski definition) is 1. The minimum Gasteiger partial charge on any atom is -0.479 e. The molecule has 2 aromatic carbocycles. The Morgan fingerprint density at radius 3 is 2.15 bits per heavy atom. The van der Waals surface area contributed by atoms with Crippen molar-refractivity contribution in [2.24, 2.45) is 0 Å². The first-order valence-electron chi connectivity index (χ1n) is 11.1. The molecule has 7 heteroatoms. The Labute approximate surface area is 192 Å². The maximum Gasteiger partial charge on any atom is 0.411 e. The number of amides is 1. The molecule has 1 saturated carbocycles. The Morgan fingerprint density at radius 1 is 1.03 bits per heavy atom. The molecule has 1 aromatic heterocycles. The molecule has 1 fully saturated rings. The molecule has 1 atom stereocenters. The Morgan fingerprint density at radius 2 is 1.61 bits per heavy atom. The van der Waals surface area contributed by atoms with E-state index in [1.54, 1.807) is 6.92 Å². The van der Waals surface area contributed by atoms with Crippen molar-refractivity contribution in [3.8, 4) is 11.1 Å². The molecule has 2 aliphatic rings. The van der Waals surface area contributed by atoms with Gasteiger partial charge in [0.15, 0.2) is 5.54 Å². The third-order valence-corrected chi connectivity index (χ3v) is 6.69. The van der Waals surface area contributed by atoms with Crippen LogP contribution >= 0.6 is 0 Å². The topological polar surface area (TPSA) is 92.6 Å². The van der Waals surface area contributed by atoms with Gasteiger partial charge in [0.2, 0.25) is 0 Å². The minimum atomic E-state index is -1.68. The van der Waals surface area contributed by atoms with Gasteiger partial charge in [0.1, 0.15) is 6.61 Å². The summed E-state index contributed by atoms with van der Waals surface area (Å²) in [5.41, 5.74) is 3.53. The van der Waals surface area contributed by atoms with Crippen molar-refractivity contribution in [1.29, 1.82) is 0 Å². The summed E-state index contributed by atoms with van der Waals surface area (Å²) >= 11 is 0. The van der Waals surface area contributed by atoms with Gasteiger partial charge in [-0.25, -0.2) is 9.59 Å². The van der Waals surface area contributed by atoms with Gasteiger partial charge in [-0.3, -0.25) is 14.9 Å². The molecule has 0 bridgehead atoms. The van der Waals surface area contributed by atoms with E-state index < -0.39 is 17.6 Å². The van der Waals surface area contributed by atoms with Crippen LogP contribution in [0.5, 0.6) is 0 Å². The van der Waals surface area contributed by atoms with Gasteiger partial charge in [0.05, 0.1) is 11.4 Å². The third-order valence-electron chi connectivity index (χ3n) is 6.69. The number of carbonyl (C=O) groups excluding carboxylic acids is 1. The van der Waals surface area contributed by atoms with E-state index in [9.17, 15) is 14.7 Å². The van der Waals surface area contributed by atoms with E-state index in [1.165, 1.54) is 24.2 Å². The molecular weight excluding hydrogens is 418 g/mol. The molecule has 5 rings (SSSR count). The zero-order valence-electron chi connectivity index (χ0n) is 18.6. The highest BCUT2D eigenvalue weighted by molar-refractivity contribution is 5.86. The lowest BCUT2D eigenvalue weighted by Crippen LogP contribution is -2.55. The predicted molar refractivity (Wildman–Crippen MR) is 122 cm³/mol. The number of carboxylic acids is 1. The summed E-state index contributed by atoms with van der Waals surface area (Å²) in [7, 11) is 0. The van der Waals surface area contributed by atoms with Gasteiger partial charge in [-0.05, 0) is 48.9 Å². The third kappa shape index (κ3) is 3.44. The molecule has 0 spiro atoms. The van der Waals surface area contributed by atoms with Gasteiger partial charge < -0.3 is 9.84 Å². The maximum atomic E-state index is 13.4. The molecule has 33 heavy (non-hydrogen) atoms. The van der Waals surface area contributed by atoms with Crippen LogP contribution in [0.25, 0.3) is 11.1 Å². The fourth-order valence-corrected chi connectivity index (χ4v) is 4.90. The monoisotopic (exact) mass is 443 g/mol. The normalized spacial score (nSPS) is 16.4. The molecule has 1 N–H and O–H groups in total. The van der Waals surface area contributed by atoms with E-state index in [2.05, 4.69) is 34.2 Å². The summed E-state index contributed by atoms with van der Waals surface area (Å²) in [6.07, 6.45) is 3.77. The van der Waals surface area contributed by atoms with Crippen molar-refractivity contribution in [3.63, 3.8) is 0 Å². The molecule has 0 radical (unpaired) electrons. The fourth-order valence-electron chi connectivity index (χ4n) is 4.90. The van der Waals surface area contributed by atoms with Crippen molar-refractivity contribution in [1.82, 2.24) is 14.9 Å². The van der Waals surface area contributed by atoms with Crippen LogP contribution in [0, 0.1) is 6.92 Å². The highest BCUT2D eigenvalue weighted by Crippen LogP contribution is 2.45. The Hall–Kier alpha value is -3.74. The van der Waals surface area contributed by atoms with Crippen molar-refractivity contribution >= 4 is 12.1 Å². The van der Waals surface area contributed by atoms with Crippen LogP contribution in [-0.4, -0.2) is 44.7 Å². The number of aliphatic carboxylic acids is 1. The number of rotatable bonds is 6. The summed E-state index contributed by atoms with van der Waals surface area (Å²) in [6, 6.07) is 16.0. The lowest BCUT2D eigenvalue weighted by molar-refractivity contribution is -0.151. The smallest absolute Gasteiger partial charge is 0.411 e. The number of aryl methyl sites for hydroxylation is 1. The van der Waals surface area contributed by atoms with Gasteiger partial charge in [0, 0.05) is 24.4 Å². The van der Waals surface area contributed by atoms with Gasteiger partial charge in [-0.15, -0.1) is 0 Å². The summed E-state index contributed by atoms with van der Waals surface area (Å²) in [5.74, 6) is -1.26. The molecular formula is C26H25N3O4. The summed E-state index contributed by atoms with van der Waals surface area (Å²) < 4.78 is 5.84. The molecule has 2 aliphatic carbocycles. The van der Waals surface area contributed by atoms with Crippen LogP contribution in [0.3, 0.4) is 0 Å². The van der Waals surface area contributed by atoms with Crippen molar-refractivity contribution in [2.75, 3.05) is 6.61 Å². The van der Waals surface area contributed by atoms with Crippen LogP contribution in [-0.2, 0) is 15.1 Å². The van der Waals surface area contributed by atoms with Crippen molar-refractivity contribution in [3.05, 3.63) is 83.4 Å². The maximum absolute atomic E-state index is 13.4. The molecule has 1 amide bonds. The number of benzene rings is 2. The highest BCUT2D eigenvalue weighted by Gasteiger charge is 2.53. The van der Waals surface area contributed by atoms with Gasteiger partial charge in [0.25, 0.3) is 0 Å². The van der Waals surface area contributed by atoms with E-state index in [0.29, 0.717) is 5.69 Å². The average Bonchev–Trinajstić information content (AvgIpc) is 3.59. The number of fused-ring (bicyclic) bond motifs is 3. The largest absolute Gasteiger partial charge is 0.479 e. The van der Waals surface area contributed by atoms with Gasteiger partial charge in [-0.2, -0.15) is 0 Å². The second kappa shape index (κ2) is 7.99. The summed E-state index contributed by atoms with van der Waals surface area (Å²) in [5, 5.41) is 10.2. The van der Waals surface area contributed by atoms with Crippen molar-refractivity contribution < 1.29 is 19.4 Å². The Bertz CT molecular complexity index is 1190. The van der Waals surface area contributed by atoms with Crippen LogP contribution in [0.4, 0.5) is 4.79 Å². The molecule has 3 aromatic rings. The van der Waals surface area contributed by atoms with Crippen molar-refractivity contribution in [2.45, 2.75) is 44.2 Å². The average molecular weight is 444 g/mol. The number of ether oxygens (including phenoxy) is 1. The van der Waals surface area contributed by atoms with E-state index in [4.69, 9.17) is 4.74 Å². The van der Waals surface area contributed by atoms with Gasteiger partial charge in [-0.1, -0.05) is 48.5 Å². The highest BCUT2D eigenvalue weighted by atomic mass is 16.6. The minimum absolute atomic E-state index is 0.100. The number of hydrogen-bond acceptors (Lipinski definition) is 5. The Balaban J connectivity index is 1.45. The zero-order valence-corrected chi connectivity index (χ0v) is 18.6. The number of nitrogens with zero attached hydrogens (tertiary/aromatic N) is 3. The molecule has 7 nitrogen and oxygen atoms in total. The van der Waals surface area contributed by atoms with E-state index in [0.717, 1.165) is 35.1 Å². The molecule has 0 aliphatic heterocycles. The molecule has 1 heterocycles. The fraction of sp³-hybridized carbons (Fsp3) is 0.308. The first-order valence-corrected chi connectivity index (χ1v) is 11.1. The van der Waals surface area contributed by atoms with E-state index in [-0.39, 0.29) is 24.3 Å². The first-order chi connectivity index (χ1) is 15.9. The second-order valence-corrected chi connectivity index (χ2v) is 8.77. The SMILES string of the molecule is Cc1nccnc1C(C)(C(=O)O)N(C(=O)OCC1c2ccccc2-c2ccccc21)C1CC1. The van der Waals surface area contributed by atoms with Gasteiger partial charge >= 0.3 is 12.1 Å². The molecule has 168 valence electrons. The standard InChI is InChI=1S/C26H25N3O4/c1-16-23(28-14-13-27-16)26(2,24(30)31)29(17-11-12-17)25(32)33-15-22-20-9-5-3-7-18(20)19-8-4-6-10-21(19)22/h3-10,13-14,17,22H,11-12,15H2,1-2H3,(H,30,31). The van der Waals surface area contributed by atoms with Crippen LogP contribution in [0.2, 0.25) is 0 Å². The molecule has 0 saturated heterocycles. The van der Waals surface area contributed by atoms with E-state index >= 15 is 0 Å². The quantitative estimate of drug-likeness (QED) is 0.603. The van der Waals surface area contributed by atoms with Crippen LogP contribution in [0.1, 0.15) is 48.2 Å². The zero-order chi connectivity index (χ0) is 23.2. The second-order valence-electron chi connectivity index (χ2n) is 8.77. The van der Waals surface area contributed by atoms with Crippen LogP contribution < -0.4 is 0 Å². The number of carbonyl (C=O) groups is 2. The lowest BCUT2D eigenvalue weighted by atomic mass is 9.93. The number of aromatic nitrogens is 2. The predicted octanol–water partition coefficient (Wildman–Crippen LogP) is 4.50. The van der Waals surface area contributed by atoms with E-state index in [1.807, 2.05) is 24.3 Å². The summed E-state index contributed by atoms with van der Waals surface area (Å²) in [6.45, 7) is 3.34. The lowest BCUT2D eigenvalue weighted by Gasteiger charge is -2.37. The van der Waals surface area contributed by atoms with Crippen LogP contribution in [0.15, 0.2) is 60.9 Å². The summed E-state index contributed by atoms with van der Waals surface area (Å²) in [4.78, 5) is 35.8. The number of carboxylic acid groups (broad SMARTS) is 1.